The van der Waals surface area contributed by atoms with Gasteiger partial charge in [-0.05, 0) is 88.3 Å². The first kappa shape index (κ1) is 27.5. The Kier molecular flexibility index (Phi) is 7.41. The molecule has 198 valence electrons. The molecule has 1 aromatic heterocycles. The minimum absolute atomic E-state index is 0.252. The number of halogens is 3. The Labute approximate surface area is 217 Å². The zero-order valence-corrected chi connectivity index (χ0v) is 22.6. The van der Waals surface area contributed by atoms with Gasteiger partial charge in [-0.2, -0.15) is 13.2 Å². The molecule has 0 N–H and O–H groups in total. The van der Waals surface area contributed by atoms with Crippen LogP contribution in [0.5, 0.6) is 0 Å². The highest BCUT2D eigenvalue weighted by Gasteiger charge is 2.51. The van der Waals surface area contributed by atoms with Crippen molar-refractivity contribution in [3.63, 3.8) is 0 Å². The monoisotopic (exact) mass is 513 g/mol. The number of aryl methyl sites for hydroxylation is 3. The second kappa shape index (κ2) is 9.97. The standard InChI is InChI=1S/C29H35BF3NO3/c1-19-14-20(2)25(21(3)15-19)18-34(17-24-12-13-26(35-24)29(31,32)33)16-22-8-10-23(11-9-22)30-36-27(4,5)28(6,7)37-30/h8-15H,16-18H2,1-7H3. The molecule has 0 radical (unpaired) electrons. The molecule has 0 saturated carbocycles. The Morgan fingerprint density at radius 1 is 0.784 bits per heavy atom. The van der Waals surface area contributed by atoms with E-state index >= 15 is 0 Å². The Bertz CT molecular complexity index is 1210. The molecule has 4 rings (SSSR count). The molecule has 8 heteroatoms. The normalized spacial score (nSPS) is 17.1. The fraction of sp³-hybridized carbons (Fsp3) is 0.448. The van der Waals surface area contributed by atoms with Gasteiger partial charge in [0.25, 0.3) is 0 Å². The Morgan fingerprint density at radius 2 is 1.35 bits per heavy atom. The Morgan fingerprint density at radius 3 is 1.86 bits per heavy atom. The molecule has 1 aliphatic heterocycles. The number of hydrogen-bond acceptors (Lipinski definition) is 4. The van der Waals surface area contributed by atoms with Gasteiger partial charge in [0.2, 0.25) is 5.76 Å². The lowest BCUT2D eigenvalue weighted by atomic mass is 9.79. The third-order valence-corrected chi connectivity index (χ3v) is 7.45. The van der Waals surface area contributed by atoms with Gasteiger partial charge in [-0.3, -0.25) is 4.90 Å². The summed E-state index contributed by atoms with van der Waals surface area (Å²) >= 11 is 0. The highest BCUT2D eigenvalue weighted by Crippen LogP contribution is 2.36. The minimum atomic E-state index is -4.50. The average molecular weight is 513 g/mol. The maximum absolute atomic E-state index is 13.1. The van der Waals surface area contributed by atoms with Gasteiger partial charge < -0.3 is 13.7 Å². The number of hydrogen-bond donors (Lipinski definition) is 0. The summed E-state index contributed by atoms with van der Waals surface area (Å²) in [6.45, 7) is 15.7. The van der Waals surface area contributed by atoms with Crippen LogP contribution in [0, 0.1) is 20.8 Å². The van der Waals surface area contributed by atoms with E-state index in [1.807, 2.05) is 52.0 Å². The third-order valence-electron chi connectivity index (χ3n) is 7.45. The first-order chi connectivity index (χ1) is 17.1. The summed E-state index contributed by atoms with van der Waals surface area (Å²) < 4.78 is 56.8. The van der Waals surface area contributed by atoms with Crippen LogP contribution in [0.2, 0.25) is 0 Å². The third kappa shape index (κ3) is 6.13. The zero-order chi connectivity index (χ0) is 27.2. The SMILES string of the molecule is Cc1cc(C)c(CN(Cc2ccc(B3OC(C)(C)C(C)(C)O3)cc2)Cc2ccc(C(F)(F)F)o2)c(C)c1. The summed E-state index contributed by atoms with van der Waals surface area (Å²) in [5, 5.41) is 0. The summed E-state index contributed by atoms with van der Waals surface area (Å²) in [4.78, 5) is 2.10. The first-order valence-electron chi connectivity index (χ1n) is 12.5. The van der Waals surface area contributed by atoms with Crippen molar-refractivity contribution in [1.82, 2.24) is 4.90 Å². The van der Waals surface area contributed by atoms with E-state index in [-0.39, 0.29) is 12.3 Å². The van der Waals surface area contributed by atoms with Crippen molar-refractivity contribution in [1.29, 1.82) is 0 Å². The van der Waals surface area contributed by atoms with E-state index in [1.165, 1.54) is 17.2 Å². The van der Waals surface area contributed by atoms with E-state index in [1.54, 1.807) is 0 Å². The van der Waals surface area contributed by atoms with E-state index in [9.17, 15) is 13.2 Å². The lowest BCUT2D eigenvalue weighted by Crippen LogP contribution is -2.41. The van der Waals surface area contributed by atoms with Gasteiger partial charge in [-0.15, -0.1) is 0 Å². The number of furan rings is 1. The molecule has 37 heavy (non-hydrogen) atoms. The van der Waals surface area contributed by atoms with Crippen LogP contribution in [-0.2, 0) is 35.1 Å². The van der Waals surface area contributed by atoms with Crippen LogP contribution in [0.1, 0.15) is 67.0 Å². The van der Waals surface area contributed by atoms with Gasteiger partial charge in [0.15, 0.2) is 0 Å². The lowest BCUT2D eigenvalue weighted by Gasteiger charge is -2.32. The largest absolute Gasteiger partial charge is 0.494 e. The summed E-state index contributed by atoms with van der Waals surface area (Å²) in [5.74, 6) is -0.694. The molecule has 1 fully saturated rings. The molecule has 4 nitrogen and oxygen atoms in total. The summed E-state index contributed by atoms with van der Waals surface area (Å²) in [6, 6.07) is 14.7. The molecular weight excluding hydrogens is 478 g/mol. The fourth-order valence-corrected chi connectivity index (χ4v) is 4.70. The van der Waals surface area contributed by atoms with Crippen molar-refractivity contribution in [2.75, 3.05) is 0 Å². The van der Waals surface area contributed by atoms with Crippen molar-refractivity contribution in [2.45, 2.75) is 85.5 Å². The highest BCUT2D eigenvalue weighted by atomic mass is 19.4. The predicted molar refractivity (Wildman–Crippen MR) is 139 cm³/mol. The van der Waals surface area contributed by atoms with Gasteiger partial charge in [-0.25, -0.2) is 0 Å². The van der Waals surface area contributed by atoms with Crippen LogP contribution in [0.25, 0.3) is 0 Å². The summed E-state index contributed by atoms with van der Waals surface area (Å²) in [7, 11) is -0.447. The molecule has 0 unspecified atom stereocenters. The molecule has 0 amide bonds. The van der Waals surface area contributed by atoms with Gasteiger partial charge in [0.1, 0.15) is 5.76 Å². The van der Waals surface area contributed by atoms with Gasteiger partial charge in [0, 0.05) is 13.1 Å². The molecule has 1 saturated heterocycles. The highest BCUT2D eigenvalue weighted by molar-refractivity contribution is 6.62. The smallest absolute Gasteiger partial charge is 0.455 e. The van der Waals surface area contributed by atoms with Crippen molar-refractivity contribution >= 4 is 12.6 Å². The average Bonchev–Trinajstić information content (AvgIpc) is 3.32. The second-order valence-corrected chi connectivity index (χ2v) is 11.1. The van der Waals surface area contributed by atoms with Crippen molar-refractivity contribution in [2.24, 2.45) is 0 Å². The topological polar surface area (TPSA) is 34.8 Å². The molecule has 0 spiro atoms. The minimum Gasteiger partial charge on any atom is -0.455 e. The first-order valence-corrected chi connectivity index (χ1v) is 12.5. The lowest BCUT2D eigenvalue weighted by molar-refractivity contribution is -0.153. The Balaban J connectivity index is 1.56. The van der Waals surface area contributed by atoms with E-state index in [2.05, 4.69) is 37.8 Å². The molecule has 1 aliphatic rings. The van der Waals surface area contributed by atoms with Gasteiger partial charge >= 0.3 is 13.3 Å². The summed E-state index contributed by atoms with van der Waals surface area (Å²) in [6.07, 6.45) is -4.50. The molecule has 2 heterocycles. The van der Waals surface area contributed by atoms with E-state index < -0.39 is 30.3 Å². The second-order valence-electron chi connectivity index (χ2n) is 11.1. The molecule has 0 atom stereocenters. The van der Waals surface area contributed by atoms with Gasteiger partial charge in [-0.1, -0.05) is 42.0 Å². The van der Waals surface area contributed by atoms with Crippen LogP contribution in [0.15, 0.2) is 52.9 Å². The predicted octanol–water partition coefficient (Wildman–Crippen LogP) is 6.73. The van der Waals surface area contributed by atoms with Crippen LogP contribution < -0.4 is 5.46 Å². The molecule has 3 aromatic rings. The number of benzene rings is 2. The number of rotatable bonds is 7. The Hall–Kier alpha value is -2.55. The molecule has 0 aliphatic carbocycles. The van der Waals surface area contributed by atoms with E-state index in [0.29, 0.717) is 13.1 Å². The molecule has 2 aromatic carbocycles. The molecule has 0 bridgehead atoms. The van der Waals surface area contributed by atoms with E-state index in [0.717, 1.165) is 28.2 Å². The van der Waals surface area contributed by atoms with Crippen LogP contribution in [0.3, 0.4) is 0 Å². The quantitative estimate of drug-likeness (QED) is 0.329. The van der Waals surface area contributed by atoms with Crippen molar-refractivity contribution in [3.05, 3.63) is 87.9 Å². The van der Waals surface area contributed by atoms with Crippen molar-refractivity contribution < 1.29 is 26.9 Å². The van der Waals surface area contributed by atoms with Crippen LogP contribution in [-0.4, -0.2) is 23.2 Å². The van der Waals surface area contributed by atoms with Gasteiger partial charge in [0.05, 0.1) is 17.7 Å². The van der Waals surface area contributed by atoms with Crippen LogP contribution >= 0.6 is 0 Å². The number of alkyl halides is 3. The maximum atomic E-state index is 13.1. The van der Waals surface area contributed by atoms with E-state index in [4.69, 9.17) is 13.7 Å². The fourth-order valence-electron chi connectivity index (χ4n) is 4.70. The molecular formula is C29H35BF3NO3. The van der Waals surface area contributed by atoms with Crippen molar-refractivity contribution in [3.8, 4) is 0 Å². The summed E-state index contributed by atoms with van der Waals surface area (Å²) in [5.41, 5.74) is 5.80. The maximum Gasteiger partial charge on any atom is 0.494 e. The number of nitrogens with zero attached hydrogens (tertiary/aromatic N) is 1. The van der Waals surface area contributed by atoms with Crippen LogP contribution in [0.4, 0.5) is 13.2 Å². The zero-order valence-electron chi connectivity index (χ0n) is 22.6.